The number of rotatable bonds is 6. The molecule has 1 heterocycles. The molecule has 0 bridgehead atoms. The van der Waals surface area contributed by atoms with Crippen LogP contribution in [0.3, 0.4) is 0 Å². The average Bonchev–Trinajstić information content (AvgIpc) is 2.75. The van der Waals surface area contributed by atoms with Gasteiger partial charge in [-0.25, -0.2) is 4.39 Å². The molecule has 1 aromatic heterocycles. The van der Waals surface area contributed by atoms with E-state index < -0.39 is 22.9 Å². The van der Waals surface area contributed by atoms with Crippen molar-refractivity contribution in [3.8, 4) is 5.69 Å². The van der Waals surface area contributed by atoms with Crippen LogP contribution in [0.5, 0.6) is 0 Å². The number of fused-ring (bicyclic) bond motifs is 1. The van der Waals surface area contributed by atoms with Crippen molar-refractivity contribution in [2.75, 3.05) is 0 Å². The number of halogens is 1. The van der Waals surface area contributed by atoms with Gasteiger partial charge in [0.25, 0.3) is 5.56 Å². The molecule has 0 saturated heterocycles. The molecule has 0 spiro atoms. The Labute approximate surface area is 213 Å². The quantitative estimate of drug-likeness (QED) is 0.358. The van der Waals surface area contributed by atoms with Gasteiger partial charge in [0.15, 0.2) is 0 Å². The van der Waals surface area contributed by atoms with Gasteiger partial charge in [0, 0.05) is 17.9 Å². The molecule has 0 unspecified atom stereocenters. The minimum Gasteiger partial charge on any atom is -0.461 e. The summed E-state index contributed by atoms with van der Waals surface area (Å²) >= 11 is 0. The van der Waals surface area contributed by atoms with Crippen LogP contribution < -0.4 is 11.0 Å². The van der Waals surface area contributed by atoms with Crippen LogP contribution in [0.2, 0.25) is 0 Å². The summed E-state index contributed by atoms with van der Waals surface area (Å²) in [6.45, 7) is 17.4. The molecule has 0 saturated carbocycles. The predicted molar refractivity (Wildman–Crippen MR) is 141 cm³/mol. The Bertz CT molecular complexity index is 1350. The van der Waals surface area contributed by atoms with Crippen LogP contribution in [-0.2, 0) is 26.2 Å². The fourth-order valence-corrected chi connectivity index (χ4v) is 3.46. The maximum atomic E-state index is 15.2. The van der Waals surface area contributed by atoms with Crippen molar-refractivity contribution < 1.29 is 18.6 Å². The zero-order valence-electron chi connectivity index (χ0n) is 22.7. The van der Waals surface area contributed by atoms with Gasteiger partial charge in [-0.1, -0.05) is 53.7 Å². The molecule has 3 aromatic rings. The summed E-state index contributed by atoms with van der Waals surface area (Å²) in [6.07, 6.45) is 1.49. The molecule has 36 heavy (non-hydrogen) atoms. The normalized spacial score (nSPS) is 12.6. The van der Waals surface area contributed by atoms with Gasteiger partial charge in [-0.2, -0.15) is 9.78 Å². The molecule has 8 heteroatoms. The lowest BCUT2D eigenvalue weighted by molar-refractivity contribution is -0.142. The number of esters is 1. The van der Waals surface area contributed by atoms with Gasteiger partial charge in [0.05, 0.1) is 22.9 Å². The number of carbonyl (C=O) groups is 1. The second kappa shape index (κ2) is 9.81. The number of hydrogen-bond donors (Lipinski definition) is 0. The fourth-order valence-electron chi connectivity index (χ4n) is 3.46. The summed E-state index contributed by atoms with van der Waals surface area (Å²) in [5.74, 6) is -1.07. The third-order valence-corrected chi connectivity index (χ3v) is 6.83. The minimum atomic E-state index is -0.599. The molecule has 6 nitrogen and oxygen atoms in total. The summed E-state index contributed by atoms with van der Waals surface area (Å²) in [4.78, 5) is 25.1. The van der Waals surface area contributed by atoms with Gasteiger partial charge < -0.3 is 9.39 Å². The Morgan fingerprint density at radius 2 is 1.75 bits per heavy atom. The zero-order chi connectivity index (χ0) is 27.1. The van der Waals surface area contributed by atoms with Crippen molar-refractivity contribution in [3.63, 3.8) is 0 Å². The number of benzene rings is 2. The second-order valence-corrected chi connectivity index (χ2v) is 11.7. The highest BCUT2D eigenvalue weighted by atomic mass is 19.1. The molecule has 2 aromatic carbocycles. The van der Waals surface area contributed by atoms with Crippen molar-refractivity contribution in [2.45, 2.75) is 79.9 Å². The molecular formula is C28H35BFN2O4. The fraction of sp³-hybridized carbons (Fsp3) is 0.464. The first kappa shape index (κ1) is 27.6. The van der Waals surface area contributed by atoms with Crippen LogP contribution in [0.25, 0.3) is 16.5 Å². The first-order valence-corrected chi connectivity index (χ1v) is 12.0. The van der Waals surface area contributed by atoms with E-state index in [9.17, 15) is 9.59 Å². The second-order valence-electron chi connectivity index (χ2n) is 11.7. The van der Waals surface area contributed by atoms with Crippen LogP contribution in [-0.4, -0.2) is 28.8 Å². The van der Waals surface area contributed by atoms with Gasteiger partial charge in [-0.05, 0) is 53.9 Å². The molecule has 0 N–H and O–H groups in total. The number of carbonyl (C=O) groups excluding carboxylic acids is 1. The predicted octanol–water partition coefficient (Wildman–Crippen LogP) is 4.97. The molecule has 191 valence electrons. The van der Waals surface area contributed by atoms with Crippen molar-refractivity contribution in [1.29, 1.82) is 0 Å². The Balaban J connectivity index is 2.16. The largest absolute Gasteiger partial charge is 0.461 e. The third kappa shape index (κ3) is 5.70. The van der Waals surface area contributed by atoms with Gasteiger partial charge in [-0.3, -0.25) is 9.59 Å². The van der Waals surface area contributed by atoms with E-state index in [0.29, 0.717) is 22.1 Å². The van der Waals surface area contributed by atoms with Gasteiger partial charge in [0.1, 0.15) is 12.4 Å². The molecular weight excluding hydrogens is 458 g/mol. The highest BCUT2D eigenvalue weighted by molar-refractivity contribution is 6.48. The summed E-state index contributed by atoms with van der Waals surface area (Å²) in [5, 5.41) is 4.75. The molecule has 1 radical (unpaired) electrons. The van der Waals surface area contributed by atoms with Crippen LogP contribution in [0.4, 0.5) is 4.39 Å². The molecule has 0 aliphatic rings. The highest BCUT2D eigenvalue weighted by Crippen LogP contribution is 2.32. The lowest BCUT2D eigenvalue weighted by atomic mass is 9.75. The number of ether oxygens (including phenoxy) is 1. The van der Waals surface area contributed by atoms with Crippen molar-refractivity contribution in [3.05, 3.63) is 63.8 Å². The zero-order valence-corrected chi connectivity index (χ0v) is 22.7. The Morgan fingerprint density at radius 1 is 1.08 bits per heavy atom. The lowest BCUT2D eigenvalue weighted by Crippen LogP contribution is -2.43. The topological polar surface area (TPSA) is 70.4 Å². The van der Waals surface area contributed by atoms with Gasteiger partial charge in [0.2, 0.25) is 0 Å². The van der Waals surface area contributed by atoms with E-state index in [4.69, 9.17) is 9.39 Å². The van der Waals surface area contributed by atoms with Gasteiger partial charge in [-0.15, -0.1) is 0 Å². The van der Waals surface area contributed by atoms with Crippen molar-refractivity contribution in [1.82, 2.24) is 9.78 Å². The molecule has 0 atom stereocenters. The smallest absolute Gasteiger partial charge is 0.331 e. The van der Waals surface area contributed by atoms with Crippen molar-refractivity contribution in [2.24, 2.45) is 5.41 Å². The molecule has 0 amide bonds. The lowest BCUT2D eigenvalue weighted by Gasteiger charge is -2.39. The molecule has 0 fully saturated rings. The van der Waals surface area contributed by atoms with E-state index in [2.05, 4.69) is 25.9 Å². The first-order valence-electron chi connectivity index (χ1n) is 12.0. The van der Waals surface area contributed by atoms with E-state index in [-0.39, 0.29) is 22.8 Å². The Hall–Kier alpha value is -3.00. The standard InChI is InChI=1S/C28H35BFN2O4/c1-17(33)35-16-20-21(29-36-28(8,9)27(5,6)7)11-10-12-23(20)32-25(34)24-18(15-31-32)13-19(14-22(24)30)26(2,3)4/h10-15H,16H2,1-9H3. The summed E-state index contributed by atoms with van der Waals surface area (Å²) in [5.41, 5.74) is 0.770. The van der Waals surface area contributed by atoms with Crippen molar-refractivity contribution >= 4 is 29.7 Å². The summed E-state index contributed by atoms with van der Waals surface area (Å²) in [7, 11) is 1.61. The SMILES string of the molecule is CC(=O)OCc1c([B]OC(C)(C)C(C)(C)C)cccc1-n1ncc2cc(C(C)(C)C)cc(F)c2c1=O. The minimum absolute atomic E-state index is 0.0454. The molecule has 0 aliphatic heterocycles. The Morgan fingerprint density at radius 3 is 2.33 bits per heavy atom. The Kier molecular flexibility index (Phi) is 7.52. The number of nitrogens with zero attached hydrogens (tertiary/aromatic N) is 2. The van der Waals surface area contributed by atoms with Gasteiger partial charge >= 0.3 is 13.5 Å². The van der Waals surface area contributed by atoms with E-state index in [1.54, 1.807) is 25.7 Å². The first-order chi connectivity index (χ1) is 16.5. The van der Waals surface area contributed by atoms with E-state index in [1.165, 1.54) is 19.2 Å². The van der Waals surface area contributed by atoms with E-state index in [0.717, 1.165) is 10.2 Å². The van der Waals surface area contributed by atoms with Crippen LogP contribution in [0.15, 0.2) is 41.3 Å². The average molecular weight is 493 g/mol. The summed E-state index contributed by atoms with van der Waals surface area (Å²) in [6, 6.07) is 8.45. The molecule has 0 aliphatic carbocycles. The van der Waals surface area contributed by atoms with E-state index >= 15 is 4.39 Å². The maximum absolute atomic E-state index is 15.2. The van der Waals surface area contributed by atoms with Crippen LogP contribution >= 0.6 is 0 Å². The van der Waals surface area contributed by atoms with Crippen LogP contribution in [0.1, 0.15) is 73.4 Å². The van der Waals surface area contributed by atoms with Crippen LogP contribution in [0, 0.1) is 11.2 Å². The highest BCUT2D eigenvalue weighted by Gasteiger charge is 2.34. The summed E-state index contributed by atoms with van der Waals surface area (Å²) < 4.78 is 27.8. The monoisotopic (exact) mass is 493 g/mol. The number of hydrogen-bond acceptors (Lipinski definition) is 5. The van der Waals surface area contributed by atoms with E-state index in [1.807, 2.05) is 40.7 Å². The number of aromatic nitrogens is 2. The molecule has 3 rings (SSSR count). The third-order valence-electron chi connectivity index (χ3n) is 6.83. The maximum Gasteiger partial charge on any atom is 0.331 e.